The van der Waals surface area contributed by atoms with Gasteiger partial charge in [0.1, 0.15) is 17.2 Å². The Labute approximate surface area is 145 Å². The predicted molar refractivity (Wildman–Crippen MR) is 97.9 cm³/mol. The quantitative estimate of drug-likeness (QED) is 0.436. The van der Waals surface area contributed by atoms with Crippen LogP contribution < -0.4 is 19.9 Å². The van der Waals surface area contributed by atoms with Crippen LogP contribution in [0.5, 0.6) is 17.2 Å². The fourth-order valence-electron chi connectivity index (χ4n) is 2.95. The number of para-hydroxylation sites is 1. The van der Waals surface area contributed by atoms with Gasteiger partial charge in [-0.25, -0.2) is 0 Å². The van der Waals surface area contributed by atoms with Crippen LogP contribution in [0, 0.1) is 0 Å². The Morgan fingerprint density at radius 2 is 1.56 bits per heavy atom. The molecular formula is C20H19NO4. The topological polar surface area (TPSA) is 70.8 Å². The van der Waals surface area contributed by atoms with Gasteiger partial charge in [0.25, 0.3) is 0 Å². The number of rotatable bonds is 5. The minimum absolute atomic E-state index is 0.235. The number of carbonyl (C=O) groups excluding carboxylic acids is 1. The molecule has 0 heterocycles. The van der Waals surface area contributed by atoms with E-state index in [4.69, 9.17) is 19.9 Å². The molecule has 5 heteroatoms. The zero-order valence-electron chi connectivity index (χ0n) is 14.3. The van der Waals surface area contributed by atoms with Crippen molar-refractivity contribution in [3.05, 3.63) is 59.7 Å². The molecule has 0 spiro atoms. The summed E-state index contributed by atoms with van der Waals surface area (Å²) < 4.78 is 16.5. The van der Waals surface area contributed by atoms with Crippen LogP contribution in [0.1, 0.15) is 15.9 Å². The van der Waals surface area contributed by atoms with Crippen LogP contribution in [0.25, 0.3) is 10.8 Å². The molecule has 0 aromatic heterocycles. The smallest absolute Gasteiger partial charge is 0.198 e. The van der Waals surface area contributed by atoms with Gasteiger partial charge in [0.2, 0.25) is 0 Å². The van der Waals surface area contributed by atoms with E-state index >= 15 is 0 Å². The fraction of sp³-hybridized carbons (Fsp3) is 0.150. The highest BCUT2D eigenvalue weighted by Gasteiger charge is 2.23. The zero-order chi connectivity index (χ0) is 18.0. The van der Waals surface area contributed by atoms with Crippen LogP contribution in [0.4, 0.5) is 5.69 Å². The molecule has 0 unspecified atom stereocenters. The molecule has 0 saturated heterocycles. The molecule has 128 valence electrons. The lowest BCUT2D eigenvalue weighted by atomic mass is 10.0. The molecular weight excluding hydrogens is 319 g/mol. The van der Waals surface area contributed by atoms with Gasteiger partial charge in [0.05, 0.1) is 32.3 Å². The normalized spacial score (nSPS) is 10.5. The first kappa shape index (κ1) is 16.6. The largest absolute Gasteiger partial charge is 0.496 e. The van der Waals surface area contributed by atoms with Crippen LogP contribution in [0.2, 0.25) is 0 Å². The lowest BCUT2D eigenvalue weighted by Gasteiger charge is -2.17. The monoisotopic (exact) mass is 338 g/mol. The van der Waals surface area contributed by atoms with Gasteiger partial charge in [-0.1, -0.05) is 24.3 Å². The zero-order valence-corrected chi connectivity index (χ0v) is 14.3. The second-order valence-electron chi connectivity index (χ2n) is 5.46. The molecule has 0 fully saturated rings. The highest BCUT2D eigenvalue weighted by atomic mass is 16.5. The lowest BCUT2D eigenvalue weighted by molar-refractivity contribution is 0.103. The lowest BCUT2D eigenvalue weighted by Crippen LogP contribution is -2.08. The van der Waals surface area contributed by atoms with Crippen molar-refractivity contribution in [3.63, 3.8) is 0 Å². The van der Waals surface area contributed by atoms with Crippen molar-refractivity contribution in [3.8, 4) is 17.2 Å². The van der Waals surface area contributed by atoms with Crippen molar-refractivity contribution in [2.24, 2.45) is 0 Å². The number of carbonyl (C=O) groups is 1. The van der Waals surface area contributed by atoms with E-state index in [1.807, 2.05) is 18.2 Å². The summed E-state index contributed by atoms with van der Waals surface area (Å²) in [4.78, 5) is 13.1. The van der Waals surface area contributed by atoms with Crippen LogP contribution in [-0.2, 0) is 0 Å². The van der Waals surface area contributed by atoms with Crippen LogP contribution in [-0.4, -0.2) is 27.1 Å². The number of benzene rings is 3. The summed E-state index contributed by atoms with van der Waals surface area (Å²) in [6.45, 7) is 0. The Balaban J connectivity index is 2.35. The molecule has 5 nitrogen and oxygen atoms in total. The van der Waals surface area contributed by atoms with Gasteiger partial charge >= 0.3 is 0 Å². The second kappa shape index (κ2) is 6.73. The van der Waals surface area contributed by atoms with Crippen LogP contribution >= 0.6 is 0 Å². The molecule has 0 aliphatic heterocycles. The van der Waals surface area contributed by atoms with E-state index in [0.29, 0.717) is 39.4 Å². The number of ether oxygens (including phenoxy) is 3. The molecule has 0 bridgehead atoms. The molecule has 0 saturated carbocycles. The summed E-state index contributed by atoms with van der Waals surface area (Å²) in [5.41, 5.74) is 7.17. The number of hydrogen-bond donors (Lipinski definition) is 1. The number of hydrogen-bond acceptors (Lipinski definition) is 5. The number of fused-ring (bicyclic) bond motifs is 1. The molecule has 3 aromatic carbocycles. The number of nitrogen functional groups attached to an aromatic ring is 1. The Kier molecular flexibility index (Phi) is 4.48. The fourth-order valence-corrected chi connectivity index (χ4v) is 2.95. The summed E-state index contributed by atoms with van der Waals surface area (Å²) in [5.74, 6) is 1.36. The summed E-state index contributed by atoms with van der Waals surface area (Å²) in [5, 5.41) is 1.49. The highest BCUT2D eigenvalue weighted by Crippen LogP contribution is 2.42. The maximum atomic E-state index is 13.1. The summed E-state index contributed by atoms with van der Waals surface area (Å²) in [6.07, 6.45) is 0. The standard InChI is InChI=1S/C20H19NO4/c1-23-16-10-6-8-13-17(24-2)11-14(20(25-3)18(13)16)19(22)12-7-4-5-9-15(12)21/h4-11H,21H2,1-3H3/i19+1. The summed E-state index contributed by atoms with van der Waals surface area (Å²) >= 11 is 0. The third-order valence-electron chi connectivity index (χ3n) is 4.13. The Morgan fingerprint density at radius 1 is 0.840 bits per heavy atom. The van der Waals surface area contributed by atoms with Gasteiger partial charge in [0.15, 0.2) is 5.78 Å². The van der Waals surface area contributed by atoms with E-state index in [1.165, 1.54) is 7.11 Å². The molecule has 0 aliphatic rings. The first-order chi connectivity index (χ1) is 12.1. The minimum atomic E-state index is -0.235. The third kappa shape index (κ3) is 2.74. The van der Waals surface area contributed by atoms with E-state index < -0.39 is 0 Å². The summed E-state index contributed by atoms with van der Waals surface area (Å²) in [7, 11) is 4.66. The first-order valence-corrected chi connectivity index (χ1v) is 7.73. The third-order valence-corrected chi connectivity index (χ3v) is 4.13. The van der Waals surface area contributed by atoms with E-state index in [-0.39, 0.29) is 5.78 Å². The van der Waals surface area contributed by atoms with Crippen molar-refractivity contribution in [2.45, 2.75) is 0 Å². The molecule has 0 atom stereocenters. The van der Waals surface area contributed by atoms with Gasteiger partial charge in [-0.3, -0.25) is 4.79 Å². The average molecular weight is 338 g/mol. The molecule has 0 amide bonds. The van der Waals surface area contributed by atoms with Gasteiger partial charge in [-0.2, -0.15) is 0 Å². The van der Waals surface area contributed by atoms with Crippen molar-refractivity contribution in [2.75, 3.05) is 27.1 Å². The summed E-state index contributed by atoms with van der Waals surface area (Å²) in [6, 6.07) is 14.2. The molecule has 2 N–H and O–H groups in total. The van der Waals surface area contributed by atoms with Crippen LogP contribution in [0.15, 0.2) is 48.5 Å². The van der Waals surface area contributed by atoms with E-state index in [0.717, 1.165) is 5.39 Å². The maximum Gasteiger partial charge on any atom is 0.198 e. The van der Waals surface area contributed by atoms with E-state index in [9.17, 15) is 4.79 Å². The van der Waals surface area contributed by atoms with Crippen molar-refractivity contribution in [1.29, 1.82) is 0 Å². The maximum absolute atomic E-state index is 13.1. The Hall–Kier alpha value is -3.21. The minimum Gasteiger partial charge on any atom is -0.496 e. The predicted octanol–water partition coefficient (Wildman–Crippen LogP) is 3.68. The van der Waals surface area contributed by atoms with Crippen molar-refractivity contribution in [1.82, 2.24) is 0 Å². The van der Waals surface area contributed by atoms with Crippen LogP contribution in [0.3, 0.4) is 0 Å². The van der Waals surface area contributed by atoms with Gasteiger partial charge in [-0.05, 0) is 24.3 Å². The van der Waals surface area contributed by atoms with E-state index in [1.54, 1.807) is 44.6 Å². The Bertz CT molecular complexity index is 950. The Morgan fingerprint density at radius 3 is 2.20 bits per heavy atom. The van der Waals surface area contributed by atoms with Crippen molar-refractivity contribution >= 4 is 22.2 Å². The number of anilines is 1. The number of methoxy groups -OCH3 is 3. The van der Waals surface area contributed by atoms with E-state index in [2.05, 4.69) is 0 Å². The highest BCUT2D eigenvalue weighted by molar-refractivity contribution is 6.17. The SMILES string of the molecule is COc1cc([13C](=O)c2ccccc2N)c(OC)c2c(OC)cccc12. The van der Waals surface area contributed by atoms with Crippen molar-refractivity contribution < 1.29 is 19.0 Å². The number of ketones is 1. The van der Waals surface area contributed by atoms with Gasteiger partial charge in [-0.15, -0.1) is 0 Å². The second-order valence-corrected chi connectivity index (χ2v) is 5.46. The molecule has 3 aromatic rings. The van der Waals surface area contributed by atoms with Gasteiger partial charge in [0, 0.05) is 16.6 Å². The van der Waals surface area contributed by atoms with Gasteiger partial charge < -0.3 is 19.9 Å². The molecule has 25 heavy (non-hydrogen) atoms. The number of nitrogens with two attached hydrogens (primary N) is 1. The first-order valence-electron chi connectivity index (χ1n) is 7.73. The molecule has 3 rings (SSSR count). The molecule has 0 radical (unpaired) electrons. The molecule has 0 aliphatic carbocycles. The average Bonchev–Trinajstić information content (AvgIpc) is 2.65.